The van der Waals surface area contributed by atoms with Crippen molar-refractivity contribution in [2.75, 3.05) is 13.7 Å². The molecule has 0 unspecified atom stereocenters. The van der Waals surface area contributed by atoms with Gasteiger partial charge < -0.3 is 25.0 Å². The molecule has 4 aromatic rings. The number of benzene rings is 3. The van der Waals surface area contributed by atoms with E-state index >= 15 is 0 Å². The van der Waals surface area contributed by atoms with Gasteiger partial charge in [0.15, 0.2) is 0 Å². The molecule has 8 rings (SSSR count). The standard InChI is InChI=1S/C45H51N5O7S/c1-44(22-23-44)58(54,55)49-43(53)45-27-32(45)18-12-4-3-5-13-19-36(46-28-30-14-8-6-9-15-30)42(52)50-29-34(25-39(50)41(51)48-45)57-40-26-37(31-16-10-7-11-17-31)47-38-24-33(56-2)20-21-35(38)40/h6-12,14-18,20-21,24,26,32,34,36,39,46H,3-5,13,19,22-23,25,27-29H2,1-2H3,(H,48,51)(H,49,53)/t32-,34-,36+,39+,45-/m1/s1. The lowest BCUT2D eigenvalue weighted by Crippen LogP contribution is -2.58. The van der Waals surface area contributed by atoms with Gasteiger partial charge in [-0.15, -0.1) is 0 Å². The Balaban J connectivity index is 1.12. The summed E-state index contributed by atoms with van der Waals surface area (Å²) in [6.45, 7) is 2.21. The molecule has 0 bridgehead atoms. The third-order valence-electron chi connectivity index (χ3n) is 12.2. The summed E-state index contributed by atoms with van der Waals surface area (Å²) in [5.41, 5.74) is 1.83. The molecular formula is C45H51N5O7S. The molecule has 4 aliphatic rings. The minimum absolute atomic E-state index is 0.121. The highest BCUT2D eigenvalue weighted by atomic mass is 32.2. The van der Waals surface area contributed by atoms with Crippen LogP contribution in [0.4, 0.5) is 0 Å². The van der Waals surface area contributed by atoms with Gasteiger partial charge >= 0.3 is 0 Å². The molecule has 0 radical (unpaired) electrons. The van der Waals surface area contributed by atoms with Crippen molar-refractivity contribution in [1.29, 1.82) is 0 Å². The van der Waals surface area contributed by atoms with E-state index in [1.165, 1.54) is 0 Å². The molecule has 2 aliphatic carbocycles. The molecule has 1 saturated heterocycles. The van der Waals surface area contributed by atoms with Crippen LogP contribution >= 0.6 is 0 Å². The molecule has 3 amide bonds. The van der Waals surface area contributed by atoms with Crippen LogP contribution in [-0.2, 0) is 31.0 Å². The number of aromatic nitrogens is 1. The highest BCUT2D eigenvalue weighted by Crippen LogP contribution is 2.47. The maximum absolute atomic E-state index is 14.8. The Morgan fingerprint density at radius 1 is 0.983 bits per heavy atom. The van der Waals surface area contributed by atoms with E-state index in [-0.39, 0.29) is 25.3 Å². The van der Waals surface area contributed by atoms with Gasteiger partial charge in [0.25, 0.3) is 5.91 Å². The van der Waals surface area contributed by atoms with Crippen molar-refractivity contribution < 1.29 is 32.3 Å². The van der Waals surface area contributed by atoms with E-state index in [0.29, 0.717) is 48.5 Å². The van der Waals surface area contributed by atoms with Gasteiger partial charge in [-0.3, -0.25) is 19.1 Å². The number of carbonyl (C=O) groups excluding carboxylic acids is 3. The molecule has 3 heterocycles. The summed E-state index contributed by atoms with van der Waals surface area (Å²) in [4.78, 5) is 49.9. The number of hydrogen-bond donors (Lipinski definition) is 3. The van der Waals surface area contributed by atoms with Crippen LogP contribution in [0, 0.1) is 5.92 Å². The second-order valence-corrected chi connectivity index (χ2v) is 18.6. The topological polar surface area (TPSA) is 156 Å². The number of fused-ring (bicyclic) bond motifs is 3. The molecule has 3 fully saturated rings. The van der Waals surface area contributed by atoms with Crippen LogP contribution in [0.5, 0.6) is 11.5 Å². The van der Waals surface area contributed by atoms with Crippen molar-refractivity contribution in [3.8, 4) is 22.8 Å². The van der Waals surface area contributed by atoms with Gasteiger partial charge in [-0.05, 0) is 63.1 Å². The summed E-state index contributed by atoms with van der Waals surface area (Å²) in [6.07, 6.45) is 8.61. The summed E-state index contributed by atoms with van der Waals surface area (Å²) in [7, 11) is -2.36. The summed E-state index contributed by atoms with van der Waals surface area (Å²) >= 11 is 0. The number of allylic oxidation sites excluding steroid dienone is 1. The lowest BCUT2D eigenvalue weighted by Gasteiger charge is -2.30. The van der Waals surface area contributed by atoms with E-state index in [4.69, 9.17) is 14.5 Å². The zero-order chi connectivity index (χ0) is 40.5. The van der Waals surface area contributed by atoms with Crippen molar-refractivity contribution >= 4 is 38.6 Å². The lowest BCUT2D eigenvalue weighted by molar-refractivity contribution is -0.141. The first kappa shape index (κ1) is 39.6. The van der Waals surface area contributed by atoms with E-state index < -0.39 is 56.2 Å². The van der Waals surface area contributed by atoms with Crippen molar-refractivity contribution in [3.63, 3.8) is 0 Å². The van der Waals surface area contributed by atoms with Crippen LogP contribution in [0.1, 0.15) is 70.3 Å². The van der Waals surface area contributed by atoms with Crippen LogP contribution in [-0.4, -0.2) is 78.2 Å². The van der Waals surface area contributed by atoms with Gasteiger partial charge in [0.1, 0.15) is 29.2 Å². The average molecular weight is 806 g/mol. The monoisotopic (exact) mass is 805 g/mol. The number of carbonyl (C=O) groups is 3. The molecule has 2 saturated carbocycles. The van der Waals surface area contributed by atoms with E-state index in [1.54, 1.807) is 18.9 Å². The average Bonchev–Trinajstić information content (AvgIpc) is 4.11. The number of nitrogens with zero attached hydrogens (tertiary/aromatic N) is 2. The zero-order valence-corrected chi connectivity index (χ0v) is 33.8. The second-order valence-electron chi connectivity index (χ2n) is 16.4. The van der Waals surface area contributed by atoms with Gasteiger partial charge in [0.2, 0.25) is 21.8 Å². The van der Waals surface area contributed by atoms with Crippen LogP contribution in [0.3, 0.4) is 0 Å². The minimum Gasteiger partial charge on any atom is -0.497 e. The Morgan fingerprint density at radius 3 is 2.48 bits per heavy atom. The van der Waals surface area contributed by atoms with Gasteiger partial charge in [-0.2, -0.15) is 0 Å². The summed E-state index contributed by atoms with van der Waals surface area (Å²) < 4.78 is 40.1. The van der Waals surface area contributed by atoms with Crippen molar-refractivity contribution in [3.05, 3.63) is 103 Å². The number of rotatable bonds is 10. The van der Waals surface area contributed by atoms with Crippen molar-refractivity contribution in [2.24, 2.45) is 5.92 Å². The summed E-state index contributed by atoms with van der Waals surface area (Å²) in [5, 5.41) is 7.23. The predicted molar refractivity (Wildman–Crippen MR) is 221 cm³/mol. The lowest BCUT2D eigenvalue weighted by atomic mass is 10.0. The first-order chi connectivity index (χ1) is 28.0. The molecule has 58 heavy (non-hydrogen) atoms. The molecule has 12 nitrogen and oxygen atoms in total. The molecule has 3 N–H and O–H groups in total. The summed E-state index contributed by atoms with van der Waals surface area (Å²) in [6, 6.07) is 25.5. The Kier molecular flexibility index (Phi) is 11.0. The Bertz CT molecular complexity index is 2320. The smallest absolute Gasteiger partial charge is 0.259 e. The second kappa shape index (κ2) is 16.2. The Morgan fingerprint density at radius 2 is 1.74 bits per heavy atom. The first-order valence-electron chi connectivity index (χ1n) is 20.3. The largest absolute Gasteiger partial charge is 0.497 e. The molecular weight excluding hydrogens is 755 g/mol. The molecule has 0 spiro atoms. The van der Waals surface area contributed by atoms with Gasteiger partial charge in [0, 0.05) is 42.0 Å². The maximum Gasteiger partial charge on any atom is 0.259 e. The number of pyridine rings is 1. The van der Waals surface area contributed by atoms with E-state index in [2.05, 4.69) is 15.4 Å². The number of nitrogens with one attached hydrogen (secondary N) is 3. The highest BCUT2D eigenvalue weighted by Gasteiger charge is 2.63. The third-order valence-corrected chi connectivity index (χ3v) is 14.4. The molecule has 2 aliphatic heterocycles. The fourth-order valence-corrected chi connectivity index (χ4v) is 9.49. The molecule has 5 atom stereocenters. The molecule has 1 aromatic heterocycles. The third kappa shape index (κ3) is 8.20. The number of amides is 3. The summed E-state index contributed by atoms with van der Waals surface area (Å²) in [5.74, 6) is -0.687. The molecule has 304 valence electrons. The number of hydrogen-bond acceptors (Lipinski definition) is 9. The molecule has 3 aromatic carbocycles. The van der Waals surface area contributed by atoms with Crippen molar-refractivity contribution in [2.45, 2.75) is 99.7 Å². The Labute approximate surface area is 339 Å². The minimum atomic E-state index is -3.96. The van der Waals surface area contributed by atoms with Crippen LogP contribution in [0.2, 0.25) is 0 Å². The fraction of sp³-hybridized carbons (Fsp3) is 0.422. The molecule has 13 heteroatoms. The SMILES string of the molecule is COc1ccc2c(O[C@@H]3C[C@H]4C(=O)N[C@]5(C(=O)NS(=O)(=O)C6(C)CC6)C[C@H]5C=CCCCCC[C@H](NCc5ccccc5)C(=O)N4C3)cc(-c3ccccc3)nc2c1. The normalized spacial score (nSPS) is 25.7. The number of sulfonamides is 1. The first-order valence-corrected chi connectivity index (χ1v) is 21.8. The maximum atomic E-state index is 14.8. The van der Waals surface area contributed by atoms with E-state index in [9.17, 15) is 22.8 Å². The Hall–Kier alpha value is -5.27. The van der Waals surface area contributed by atoms with E-state index in [0.717, 1.165) is 42.2 Å². The van der Waals surface area contributed by atoms with Crippen LogP contribution < -0.4 is 24.8 Å². The van der Waals surface area contributed by atoms with Gasteiger partial charge in [-0.25, -0.2) is 13.4 Å². The van der Waals surface area contributed by atoms with Crippen molar-refractivity contribution in [1.82, 2.24) is 25.2 Å². The predicted octanol–water partition coefficient (Wildman–Crippen LogP) is 5.81. The fourth-order valence-electron chi connectivity index (χ4n) is 8.18. The zero-order valence-electron chi connectivity index (χ0n) is 33.0. The number of ether oxygens (including phenoxy) is 2. The van der Waals surface area contributed by atoms with Crippen LogP contribution in [0.15, 0.2) is 97.1 Å². The van der Waals surface area contributed by atoms with Crippen LogP contribution in [0.25, 0.3) is 22.2 Å². The highest BCUT2D eigenvalue weighted by molar-refractivity contribution is 7.91. The number of methoxy groups -OCH3 is 1. The quantitative estimate of drug-likeness (QED) is 0.169. The van der Waals surface area contributed by atoms with Gasteiger partial charge in [-0.1, -0.05) is 85.7 Å². The van der Waals surface area contributed by atoms with Gasteiger partial charge in [0.05, 0.1) is 35.7 Å². The van der Waals surface area contributed by atoms with E-state index in [1.807, 2.05) is 97.1 Å².